The highest BCUT2D eigenvalue weighted by Crippen LogP contribution is 2.14. The number of nitrogens with zero attached hydrogens (tertiary/aromatic N) is 4. The first kappa shape index (κ1) is 14.7. The maximum atomic E-state index is 11.8. The number of likely N-dealkylation sites (N-methyl/N-ethyl adjacent to an activating group) is 1. The first-order chi connectivity index (χ1) is 9.61. The molecule has 1 aliphatic rings. The highest BCUT2D eigenvalue weighted by atomic mass is 16.2. The van der Waals surface area contributed by atoms with Crippen molar-refractivity contribution >= 4 is 11.7 Å². The summed E-state index contributed by atoms with van der Waals surface area (Å²) in [7, 11) is 3.42. The monoisotopic (exact) mass is 277 g/mol. The second-order valence-corrected chi connectivity index (χ2v) is 5.31. The molecular formula is C14H23N5O. The molecule has 1 aromatic heterocycles. The number of rotatable bonds is 5. The van der Waals surface area contributed by atoms with Gasteiger partial charge in [0.2, 0.25) is 0 Å². The molecule has 6 heteroatoms. The summed E-state index contributed by atoms with van der Waals surface area (Å²) in [5.74, 6) is 0.709. The fraction of sp³-hybridized carbons (Fsp3) is 0.643. The van der Waals surface area contributed by atoms with Crippen LogP contribution in [0.2, 0.25) is 0 Å². The number of nitrogens with one attached hydrogen (secondary N) is 1. The van der Waals surface area contributed by atoms with Crippen molar-refractivity contribution in [2.24, 2.45) is 0 Å². The molecule has 1 aliphatic heterocycles. The molecule has 1 amide bonds. The smallest absolute Gasteiger partial charge is 0.273 e. The van der Waals surface area contributed by atoms with Crippen LogP contribution in [0, 0.1) is 0 Å². The van der Waals surface area contributed by atoms with E-state index in [4.69, 9.17) is 0 Å². The summed E-state index contributed by atoms with van der Waals surface area (Å²) in [6.45, 7) is 5.03. The number of carbonyl (C=O) groups excluding carboxylic acids is 1. The van der Waals surface area contributed by atoms with Crippen molar-refractivity contribution in [3.05, 3.63) is 17.8 Å². The topological polar surface area (TPSA) is 61.4 Å². The number of amides is 1. The van der Waals surface area contributed by atoms with Gasteiger partial charge >= 0.3 is 0 Å². The van der Waals surface area contributed by atoms with Gasteiger partial charge in [0.25, 0.3) is 5.91 Å². The standard InChI is InChI=1S/C14H23N5O/c1-4-19(10-11-6-5-9-15-11)13-8-7-12(16-17-13)14(20)18(2)3/h7-8,11,15H,4-6,9-10H2,1-3H3. The second kappa shape index (κ2) is 6.65. The Hall–Kier alpha value is -1.69. The summed E-state index contributed by atoms with van der Waals surface area (Å²) in [6.07, 6.45) is 2.45. The maximum Gasteiger partial charge on any atom is 0.273 e. The third-order valence-corrected chi connectivity index (χ3v) is 3.58. The molecule has 0 spiro atoms. The molecule has 0 aliphatic carbocycles. The molecule has 0 saturated carbocycles. The zero-order chi connectivity index (χ0) is 14.5. The average molecular weight is 277 g/mol. The Morgan fingerprint density at radius 2 is 2.20 bits per heavy atom. The molecule has 1 atom stereocenters. The zero-order valence-corrected chi connectivity index (χ0v) is 12.5. The lowest BCUT2D eigenvalue weighted by molar-refractivity contribution is 0.0821. The Kier molecular flexibility index (Phi) is 4.89. The van der Waals surface area contributed by atoms with E-state index in [1.807, 2.05) is 6.07 Å². The number of anilines is 1. The lowest BCUT2D eigenvalue weighted by atomic mass is 10.2. The Morgan fingerprint density at radius 3 is 2.70 bits per heavy atom. The van der Waals surface area contributed by atoms with Crippen LogP contribution in [0.5, 0.6) is 0 Å². The van der Waals surface area contributed by atoms with Crippen LogP contribution in [0.4, 0.5) is 5.82 Å². The van der Waals surface area contributed by atoms with Gasteiger partial charge in [-0.2, -0.15) is 0 Å². The van der Waals surface area contributed by atoms with Crippen LogP contribution in [-0.2, 0) is 0 Å². The molecular weight excluding hydrogens is 254 g/mol. The van der Waals surface area contributed by atoms with Gasteiger partial charge in [0, 0.05) is 33.2 Å². The minimum absolute atomic E-state index is 0.121. The number of hydrogen-bond acceptors (Lipinski definition) is 5. The van der Waals surface area contributed by atoms with Crippen LogP contribution in [0.15, 0.2) is 12.1 Å². The highest BCUT2D eigenvalue weighted by molar-refractivity contribution is 5.91. The molecule has 2 heterocycles. The van der Waals surface area contributed by atoms with E-state index in [-0.39, 0.29) is 5.91 Å². The molecule has 1 fully saturated rings. The van der Waals surface area contributed by atoms with Crippen LogP contribution in [0.1, 0.15) is 30.3 Å². The fourth-order valence-electron chi connectivity index (χ4n) is 2.40. The van der Waals surface area contributed by atoms with Gasteiger partial charge < -0.3 is 15.1 Å². The largest absolute Gasteiger partial charge is 0.354 e. The zero-order valence-electron chi connectivity index (χ0n) is 12.5. The molecule has 1 aromatic rings. The summed E-state index contributed by atoms with van der Waals surface area (Å²) >= 11 is 0. The number of aromatic nitrogens is 2. The Balaban J connectivity index is 2.04. The van der Waals surface area contributed by atoms with Gasteiger partial charge in [-0.25, -0.2) is 0 Å². The summed E-state index contributed by atoms with van der Waals surface area (Å²) in [5, 5.41) is 11.7. The van der Waals surface area contributed by atoms with Crippen molar-refractivity contribution in [3.63, 3.8) is 0 Å². The predicted octanol–water partition coefficient (Wildman–Crippen LogP) is 0.757. The molecule has 1 unspecified atom stereocenters. The minimum Gasteiger partial charge on any atom is -0.354 e. The van der Waals surface area contributed by atoms with Crippen molar-refractivity contribution in [2.45, 2.75) is 25.8 Å². The van der Waals surface area contributed by atoms with E-state index in [0.29, 0.717) is 11.7 Å². The first-order valence-corrected chi connectivity index (χ1v) is 7.15. The Bertz CT molecular complexity index is 439. The van der Waals surface area contributed by atoms with Gasteiger partial charge in [0.05, 0.1) is 0 Å². The third kappa shape index (κ3) is 3.45. The quantitative estimate of drug-likeness (QED) is 0.861. The Labute approximate surface area is 120 Å². The maximum absolute atomic E-state index is 11.8. The summed E-state index contributed by atoms with van der Waals surface area (Å²) in [6, 6.07) is 4.15. The minimum atomic E-state index is -0.121. The van der Waals surface area contributed by atoms with Crippen molar-refractivity contribution in [1.82, 2.24) is 20.4 Å². The van der Waals surface area contributed by atoms with Crippen LogP contribution >= 0.6 is 0 Å². The molecule has 0 radical (unpaired) electrons. The lowest BCUT2D eigenvalue weighted by Gasteiger charge is -2.25. The predicted molar refractivity (Wildman–Crippen MR) is 79.0 cm³/mol. The molecule has 6 nitrogen and oxygen atoms in total. The molecule has 1 N–H and O–H groups in total. The molecule has 0 bridgehead atoms. The van der Waals surface area contributed by atoms with Gasteiger partial charge in [0.15, 0.2) is 11.5 Å². The summed E-state index contributed by atoms with van der Waals surface area (Å²) in [4.78, 5) is 15.5. The van der Waals surface area contributed by atoms with Crippen molar-refractivity contribution in [1.29, 1.82) is 0 Å². The normalized spacial score (nSPS) is 18.1. The van der Waals surface area contributed by atoms with Crippen molar-refractivity contribution in [2.75, 3.05) is 38.6 Å². The van der Waals surface area contributed by atoms with E-state index in [9.17, 15) is 4.79 Å². The first-order valence-electron chi connectivity index (χ1n) is 7.15. The van der Waals surface area contributed by atoms with Gasteiger partial charge in [-0.3, -0.25) is 4.79 Å². The van der Waals surface area contributed by atoms with Crippen LogP contribution in [0.25, 0.3) is 0 Å². The molecule has 20 heavy (non-hydrogen) atoms. The van der Waals surface area contributed by atoms with E-state index >= 15 is 0 Å². The molecule has 110 valence electrons. The van der Waals surface area contributed by atoms with E-state index in [2.05, 4.69) is 27.3 Å². The summed E-state index contributed by atoms with van der Waals surface area (Å²) < 4.78 is 0. The van der Waals surface area contributed by atoms with Gasteiger partial charge in [-0.15, -0.1) is 10.2 Å². The van der Waals surface area contributed by atoms with Crippen LogP contribution in [0.3, 0.4) is 0 Å². The van der Waals surface area contributed by atoms with Crippen LogP contribution in [-0.4, -0.2) is 60.8 Å². The van der Waals surface area contributed by atoms with Crippen molar-refractivity contribution < 1.29 is 4.79 Å². The number of hydrogen-bond donors (Lipinski definition) is 1. The highest BCUT2D eigenvalue weighted by Gasteiger charge is 2.18. The van der Waals surface area contributed by atoms with Gasteiger partial charge in [-0.1, -0.05) is 0 Å². The third-order valence-electron chi connectivity index (χ3n) is 3.58. The SMILES string of the molecule is CCN(CC1CCCN1)c1ccc(C(=O)N(C)C)nn1. The number of carbonyl (C=O) groups is 1. The van der Waals surface area contributed by atoms with Gasteiger partial charge in [-0.05, 0) is 38.4 Å². The molecule has 2 rings (SSSR count). The van der Waals surface area contributed by atoms with E-state index in [1.54, 1.807) is 20.2 Å². The second-order valence-electron chi connectivity index (χ2n) is 5.31. The van der Waals surface area contributed by atoms with E-state index in [0.717, 1.165) is 25.5 Å². The molecule has 0 aromatic carbocycles. The van der Waals surface area contributed by atoms with Crippen LogP contribution < -0.4 is 10.2 Å². The summed E-state index contributed by atoms with van der Waals surface area (Å²) in [5.41, 5.74) is 0.383. The van der Waals surface area contributed by atoms with E-state index in [1.165, 1.54) is 17.7 Å². The van der Waals surface area contributed by atoms with Crippen molar-refractivity contribution in [3.8, 4) is 0 Å². The fourth-order valence-corrected chi connectivity index (χ4v) is 2.40. The lowest BCUT2D eigenvalue weighted by Crippen LogP contribution is -2.38. The van der Waals surface area contributed by atoms with Gasteiger partial charge in [0.1, 0.15) is 0 Å². The Morgan fingerprint density at radius 1 is 1.40 bits per heavy atom. The van der Waals surface area contributed by atoms with E-state index < -0.39 is 0 Å². The average Bonchev–Trinajstić information content (AvgIpc) is 2.97. The molecule has 1 saturated heterocycles.